The van der Waals surface area contributed by atoms with Gasteiger partial charge < -0.3 is 0 Å². The van der Waals surface area contributed by atoms with Crippen LogP contribution in [0.3, 0.4) is 0 Å². The zero-order valence-corrected chi connectivity index (χ0v) is 22.7. The average Bonchev–Trinajstić information content (AvgIpc) is 3.52. The van der Waals surface area contributed by atoms with Crippen molar-refractivity contribution in [2.45, 2.75) is 42.2 Å². The molecule has 4 aromatic carbocycles. The highest BCUT2D eigenvalue weighted by molar-refractivity contribution is 8.00. The molecule has 186 valence electrons. The molecular formula is C35H30N2S. The predicted octanol–water partition coefficient (Wildman–Crippen LogP) is 9.34. The number of imidazole rings is 1. The Kier molecular flexibility index (Phi) is 5.45. The molecule has 1 aromatic heterocycles. The van der Waals surface area contributed by atoms with Crippen molar-refractivity contribution in [3.05, 3.63) is 126 Å². The maximum atomic E-state index is 5.14. The van der Waals surface area contributed by atoms with Gasteiger partial charge in [0.2, 0.25) is 0 Å². The minimum atomic E-state index is 0.115. The van der Waals surface area contributed by atoms with Gasteiger partial charge in [-0.1, -0.05) is 106 Å². The fraction of sp³-hybridized carbons (Fsp3) is 0.171. The number of nitrogens with zero attached hydrogens (tertiary/aromatic N) is 2. The fourth-order valence-corrected chi connectivity index (χ4v) is 7.19. The maximum Gasteiger partial charge on any atom is 0.145 e. The smallest absolute Gasteiger partial charge is 0.145 e. The number of fused-ring (bicyclic) bond motifs is 4. The lowest BCUT2D eigenvalue weighted by Gasteiger charge is -2.19. The van der Waals surface area contributed by atoms with E-state index in [1.807, 2.05) is 11.8 Å². The van der Waals surface area contributed by atoms with E-state index in [9.17, 15) is 0 Å². The van der Waals surface area contributed by atoms with Gasteiger partial charge in [-0.2, -0.15) is 0 Å². The Labute approximate surface area is 228 Å². The summed E-state index contributed by atoms with van der Waals surface area (Å²) in [4.78, 5) is 6.54. The van der Waals surface area contributed by atoms with E-state index >= 15 is 0 Å². The first-order valence-corrected chi connectivity index (χ1v) is 14.2. The largest absolute Gasteiger partial charge is 0.292 e. The lowest BCUT2D eigenvalue weighted by atomic mass is 9.87. The summed E-state index contributed by atoms with van der Waals surface area (Å²) in [5, 5.41) is 0.486. The summed E-state index contributed by atoms with van der Waals surface area (Å²) in [5.41, 5.74) is 9.81. The monoisotopic (exact) mass is 510 g/mol. The van der Waals surface area contributed by atoms with Crippen molar-refractivity contribution in [2.75, 3.05) is 0 Å². The van der Waals surface area contributed by atoms with Gasteiger partial charge in [0, 0.05) is 27.3 Å². The number of rotatable bonds is 3. The van der Waals surface area contributed by atoms with E-state index in [1.165, 1.54) is 27.1 Å². The summed E-state index contributed by atoms with van der Waals surface area (Å²) in [6.45, 7) is 6.77. The van der Waals surface area contributed by atoms with Crippen LogP contribution in [0.4, 0.5) is 0 Å². The first kappa shape index (κ1) is 23.3. The molecule has 1 aliphatic carbocycles. The van der Waals surface area contributed by atoms with Crippen LogP contribution in [-0.2, 0) is 5.41 Å². The van der Waals surface area contributed by atoms with E-state index in [2.05, 4.69) is 141 Å². The quantitative estimate of drug-likeness (QED) is 0.241. The van der Waals surface area contributed by atoms with Crippen molar-refractivity contribution in [3.63, 3.8) is 0 Å². The number of hydrogen-bond donors (Lipinski definition) is 0. The van der Waals surface area contributed by atoms with Gasteiger partial charge in [0.25, 0.3) is 0 Å². The van der Waals surface area contributed by atoms with Crippen molar-refractivity contribution in [3.8, 4) is 28.2 Å². The summed E-state index contributed by atoms with van der Waals surface area (Å²) in [7, 11) is 0. The SMILES string of the molecule is CC(C)(C)c1ccc(-n2c(-c3cccc(-c4cccc5c4SC4C=CC=CC54)c3)nc3ccccc32)cc1. The Morgan fingerprint density at radius 1 is 0.763 bits per heavy atom. The normalized spacial score (nSPS) is 18.1. The number of allylic oxidation sites excluding steroid dienone is 3. The Bertz CT molecular complexity index is 1730. The second-order valence-corrected chi connectivity index (χ2v) is 12.4. The molecule has 2 aliphatic rings. The third kappa shape index (κ3) is 3.85. The molecule has 0 N–H and O–H groups in total. The number of thioether (sulfide) groups is 1. The zero-order chi connectivity index (χ0) is 25.9. The Hall–Kier alpha value is -3.82. The third-order valence-electron chi connectivity index (χ3n) is 7.73. The molecule has 0 amide bonds. The molecule has 3 heteroatoms. The van der Waals surface area contributed by atoms with Gasteiger partial charge in [-0.05, 0) is 58.0 Å². The third-order valence-corrected chi connectivity index (χ3v) is 9.14. The van der Waals surface area contributed by atoms with Crippen molar-refractivity contribution < 1.29 is 0 Å². The molecule has 7 rings (SSSR count). The van der Waals surface area contributed by atoms with Gasteiger partial charge in [0.15, 0.2) is 0 Å². The highest BCUT2D eigenvalue weighted by Crippen LogP contribution is 2.51. The van der Waals surface area contributed by atoms with Crippen LogP contribution < -0.4 is 0 Å². The summed E-state index contributed by atoms with van der Waals surface area (Å²) < 4.78 is 2.30. The molecule has 38 heavy (non-hydrogen) atoms. The van der Waals surface area contributed by atoms with Gasteiger partial charge >= 0.3 is 0 Å². The number of para-hydroxylation sites is 2. The van der Waals surface area contributed by atoms with Crippen molar-refractivity contribution in [1.82, 2.24) is 9.55 Å². The van der Waals surface area contributed by atoms with Gasteiger partial charge in [0.1, 0.15) is 5.82 Å². The van der Waals surface area contributed by atoms with E-state index in [1.54, 1.807) is 0 Å². The minimum absolute atomic E-state index is 0.115. The second-order valence-electron chi connectivity index (χ2n) is 11.2. The van der Waals surface area contributed by atoms with Crippen LogP contribution in [0.25, 0.3) is 39.2 Å². The molecule has 1 aliphatic heterocycles. The van der Waals surface area contributed by atoms with E-state index < -0.39 is 0 Å². The molecule has 2 nitrogen and oxygen atoms in total. The molecule has 0 fully saturated rings. The van der Waals surface area contributed by atoms with Crippen LogP contribution in [0.15, 0.2) is 120 Å². The zero-order valence-electron chi connectivity index (χ0n) is 21.9. The van der Waals surface area contributed by atoms with Crippen LogP contribution in [0.1, 0.15) is 37.8 Å². The molecule has 5 aromatic rings. The summed E-state index contributed by atoms with van der Waals surface area (Å²) >= 11 is 1.99. The second kappa shape index (κ2) is 8.89. The van der Waals surface area contributed by atoms with Gasteiger partial charge in [0.05, 0.1) is 11.0 Å². The molecule has 0 saturated carbocycles. The molecule has 0 bridgehead atoms. The summed E-state index contributed by atoms with van der Waals surface area (Å²) in [6.07, 6.45) is 9.04. The molecule has 0 saturated heterocycles. The van der Waals surface area contributed by atoms with Gasteiger partial charge in [-0.15, -0.1) is 11.8 Å². The van der Waals surface area contributed by atoms with Gasteiger partial charge in [-0.3, -0.25) is 4.57 Å². The van der Waals surface area contributed by atoms with Crippen LogP contribution in [-0.4, -0.2) is 14.8 Å². The Balaban J connectivity index is 1.36. The van der Waals surface area contributed by atoms with E-state index in [4.69, 9.17) is 4.98 Å². The fourth-order valence-electron chi connectivity index (χ4n) is 5.71. The lowest BCUT2D eigenvalue weighted by molar-refractivity contribution is 0.590. The highest BCUT2D eigenvalue weighted by Gasteiger charge is 2.32. The molecule has 0 spiro atoms. The van der Waals surface area contributed by atoms with E-state index in [0.29, 0.717) is 11.2 Å². The van der Waals surface area contributed by atoms with Crippen LogP contribution in [0.2, 0.25) is 0 Å². The Morgan fingerprint density at radius 2 is 1.53 bits per heavy atom. The van der Waals surface area contributed by atoms with E-state index in [0.717, 1.165) is 28.1 Å². The molecule has 2 unspecified atom stereocenters. The molecular weight excluding hydrogens is 480 g/mol. The number of benzene rings is 4. The first-order valence-electron chi connectivity index (χ1n) is 13.3. The van der Waals surface area contributed by atoms with Crippen LogP contribution in [0.5, 0.6) is 0 Å². The van der Waals surface area contributed by atoms with Crippen LogP contribution >= 0.6 is 11.8 Å². The van der Waals surface area contributed by atoms with Crippen LogP contribution in [0, 0.1) is 0 Å². The lowest BCUT2D eigenvalue weighted by Crippen LogP contribution is -2.11. The van der Waals surface area contributed by atoms with Crippen molar-refractivity contribution in [2.24, 2.45) is 0 Å². The number of aromatic nitrogens is 2. The minimum Gasteiger partial charge on any atom is -0.292 e. The standard InChI is InChI=1S/C35H30N2S/c1-35(2,3)25-18-20-26(21-19-25)37-31-16-6-5-15-30(31)36-34(37)24-11-8-10-23(22-24)27-13-9-14-29-28-12-4-7-17-32(28)38-33(27)29/h4-22,28,32H,1-3H3. The summed E-state index contributed by atoms with van der Waals surface area (Å²) in [6, 6.07) is 33.1. The summed E-state index contributed by atoms with van der Waals surface area (Å²) in [5.74, 6) is 1.43. The van der Waals surface area contributed by atoms with Crippen molar-refractivity contribution in [1.29, 1.82) is 0 Å². The first-order chi connectivity index (χ1) is 18.5. The van der Waals surface area contributed by atoms with Gasteiger partial charge in [-0.25, -0.2) is 4.98 Å². The van der Waals surface area contributed by atoms with Crippen molar-refractivity contribution >= 4 is 22.8 Å². The highest BCUT2D eigenvalue weighted by atomic mass is 32.2. The topological polar surface area (TPSA) is 17.8 Å². The average molecular weight is 511 g/mol. The maximum absolute atomic E-state index is 5.14. The molecule has 2 heterocycles. The Morgan fingerprint density at radius 3 is 2.37 bits per heavy atom. The predicted molar refractivity (Wildman–Crippen MR) is 161 cm³/mol. The molecule has 0 radical (unpaired) electrons. The number of hydrogen-bond acceptors (Lipinski definition) is 2. The van der Waals surface area contributed by atoms with E-state index in [-0.39, 0.29) is 5.41 Å². The molecule has 2 atom stereocenters.